The first-order valence-corrected chi connectivity index (χ1v) is 8.64. The van der Waals surface area contributed by atoms with E-state index in [9.17, 15) is 4.79 Å². The fourth-order valence-corrected chi connectivity index (χ4v) is 3.56. The number of nitrogens with zero attached hydrogens (tertiary/aromatic N) is 1. The lowest BCUT2D eigenvalue weighted by Gasteiger charge is -2.29. The van der Waals surface area contributed by atoms with E-state index in [1.54, 1.807) is 0 Å². The van der Waals surface area contributed by atoms with Gasteiger partial charge in [0.15, 0.2) is 0 Å². The fraction of sp³-hybridized carbons (Fsp3) is 0.611. The van der Waals surface area contributed by atoms with Crippen LogP contribution in [0.1, 0.15) is 56.0 Å². The smallest absolute Gasteiger partial charge is 0.255 e. The van der Waals surface area contributed by atoms with Gasteiger partial charge in [-0.3, -0.25) is 4.79 Å². The average molecular weight is 352 g/mol. The van der Waals surface area contributed by atoms with E-state index in [1.807, 2.05) is 30.0 Å². The van der Waals surface area contributed by atoms with Gasteiger partial charge in [-0.25, -0.2) is 0 Å². The molecule has 1 amide bonds. The second-order valence-electron chi connectivity index (χ2n) is 7.27. The summed E-state index contributed by atoms with van der Waals surface area (Å²) in [6.07, 6.45) is 3.44. The molecule has 0 saturated carbocycles. The summed E-state index contributed by atoms with van der Waals surface area (Å²) in [6.45, 7) is 10.7. The van der Waals surface area contributed by atoms with Gasteiger partial charge in [0, 0.05) is 17.6 Å². The SMILES string of the molecule is Cc1ccc(Br)c(C(=O)N2CCCC(C(C)(C)C)CC2)c1. The lowest BCUT2D eigenvalue weighted by atomic mass is 9.77. The van der Waals surface area contributed by atoms with Gasteiger partial charge in [-0.05, 0) is 65.6 Å². The fourth-order valence-electron chi connectivity index (χ4n) is 3.14. The van der Waals surface area contributed by atoms with Crippen molar-refractivity contribution in [3.05, 3.63) is 33.8 Å². The molecule has 0 spiro atoms. The number of amides is 1. The molecule has 3 heteroatoms. The molecule has 0 bridgehead atoms. The standard InChI is InChI=1S/C18H26BrNO/c1-13-7-8-16(19)15(12-13)17(21)20-10-5-6-14(9-11-20)18(2,3)4/h7-8,12,14H,5-6,9-11H2,1-4H3. The molecule has 1 aliphatic rings. The first-order valence-electron chi connectivity index (χ1n) is 7.84. The van der Waals surface area contributed by atoms with Crippen molar-refractivity contribution in [2.24, 2.45) is 11.3 Å². The predicted octanol–water partition coefficient (Wildman–Crippen LogP) is 5.05. The van der Waals surface area contributed by atoms with Gasteiger partial charge in [-0.15, -0.1) is 0 Å². The Kier molecular flexibility index (Phi) is 5.13. The van der Waals surface area contributed by atoms with Crippen LogP contribution in [0.15, 0.2) is 22.7 Å². The summed E-state index contributed by atoms with van der Waals surface area (Å²) in [5.41, 5.74) is 2.26. The summed E-state index contributed by atoms with van der Waals surface area (Å²) in [6, 6.07) is 5.98. The third kappa shape index (κ3) is 4.09. The molecule has 21 heavy (non-hydrogen) atoms. The number of hydrogen-bond donors (Lipinski definition) is 0. The number of carbonyl (C=O) groups is 1. The topological polar surface area (TPSA) is 20.3 Å². The first kappa shape index (κ1) is 16.5. The third-order valence-corrected chi connectivity index (χ3v) is 5.28. The Bertz CT molecular complexity index is 518. The van der Waals surface area contributed by atoms with E-state index in [1.165, 1.54) is 6.42 Å². The Morgan fingerprint density at radius 2 is 1.95 bits per heavy atom. The molecule has 1 aliphatic heterocycles. The molecule has 1 saturated heterocycles. The maximum Gasteiger partial charge on any atom is 0.255 e. The zero-order valence-electron chi connectivity index (χ0n) is 13.6. The summed E-state index contributed by atoms with van der Waals surface area (Å²) in [7, 11) is 0. The van der Waals surface area contributed by atoms with Crippen LogP contribution in [0.3, 0.4) is 0 Å². The van der Waals surface area contributed by atoms with E-state index in [4.69, 9.17) is 0 Å². The summed E-state index contributed by atoms with van der Waals surface area (Å²) < 4.78 is 0.898. The molecule has 1 aromatic carbocycles. The van der Waals surface area contributed by atoms with Gasteiger partial charge in [-0.1, -0.05) is 32.4 Å². The van der Waals surface area contributed by atoms with Crippen molar-refractivity contribution in [2.75, 3.05) is 13.1 Å². The monoisotopic (exact) mass is 351 g/mol. The molecular formula is C18H26BrNO. The average Bonchev–Trinajstić information content (AvgIpc) is 2.66. The number of hydrogen-bond acceptors (Lipinski definition) is 1. The Labute approximate surface area is 137 Å². The van der Waals surface area contributed by atoms with Crippen molar-refractivity contribution in [1.29, 1.82) is 0 Å². The maximum absolute atomic E-state index is 12.8. The second kappa shape index (κ2) is 6.51. The van der Waals surface area contributed by atoms with Crippen LogP contribution in [-0.4, -0.2) is 23.9 Å². The Morgan fingerprint density at radius 1 is 1.24 bits per heavy atom. The second-order valence-corrected chi connectivity index (χ2v) is 8.12. The van der Waals surface area contributed by atoms with Crippen LogP contribution in [0.4, 0.5) is 0 Å². The van der Waals surface area contributed by atoms with E-state index < -0.39 is 0 Å². The molecule has 1 unspecified atom stereocenters. The van der Waals surface area contributed by atoms with Gasteiger partial charge >= 0.3 is 0 Å². The summed E-state index contributed by atoms with van der Waals surface area (Å²) >= 11 is 3.51. The zero-order chi connectivity index (χ0) is 15.6. The molecule has 2 rings (SSSR count). The van der Waals surface area contributed by atoms with Crippen molar-refractivity contribution in [2.45, 2.75) is 47.0 Å². The number of rotatable bonds is 1. The van der Waals surface area contributed by atoms with Gasteiger partial charge in [-0.2, -0.15) is 0 Å². The molecule has 0 radical (unpaired) electrons. The van der Waals surface area contributed by atoms with Crippen LogP contribution < -0.4 is 0 Å². The molecular weight excluding hydrogens is 326 g/mol. The minimum Gasteiger partial charge on any atom is -0.339 e. The van der Waals surface area contributed by atoms with Crippen LogP contribution in [0.2, 0.25) is 0 Å². The summed E-state index contributed by atoms with van der Waals surface area (Å²) in [5.74, 6) is 0.872. The molecule has 116 valence electrons. The van der Waals surface area contributed by atoms with Gasteiger partial charge in [0.25, 0.3) is 5.91 Å². The minimum atomic E-state index is 0.167. The van der Waals surface area contributed by atoms with E-state index in [0.29, 0.717) is 11.3 Å². The molecule has 1 atom stereocenters. The lowest BCUT2D eigenvalue weighted by molar-refractivity contribution is 0.0754. The maximum atomic E-state index is 12.8. The minimum absolute atomic E-state index is 0.167. The summed E-state index contributed by atoms with van der Waals surface area (Å²) in [4.78, 5) is 14.8. The largest absolute Gasteiger partial charge is 0.339 e. The Hall–Kier alpha value is -0.830. The first-order chi connectivity index (χ1) is 9.79. The molecule has 1 aromatic rings. The number of halogens is 1. The van der Waals surface area contributed by atoms with Crippen LogP contribution in [0, 0.1) is 18.3 Å². The van der Waals surface area contributed by atoms with Crippen LogP contribution in [-0.2, 0) is 0 Å². The van der Waals surface area contributed by atoms with Crippen LogP contribution in [0.5, 0.6) is 0 Å². The normalized spacial score (nSPS) is 20.2. The Morgan fingerprint density at radius 3 is 2.62 bits per heavy atom. The number of aryl methyl sites for hydroxylation is 1. The number of carbonyl (C=O) groups excluding carboxylic acids is 1. The van der Waals surface area contributed by atoms with Crippen molar-refractivity contribution in [1.82, 2.24) is 4.90 Å². The highest BCUT2D eigenvalue weighted by Gasteiger charge is 2.29. The highest BCUT2D eigenvalue weighted by atomic mass is 79.9. The van der Waals surface area contributed by atoms with Crippen molar-refractivity contribution < 1.29 is 4.79 Å². The van der Waals surface area contributed by atoms with Crippen LogP contribution in [0.25, 0.3) is 0 Å². The molecule has 0 N–H and O–H groups in total. The van der Waals surface area contributed by atoms with Crippen molar-refractivity contribution in [3.8, 4) is 0 Å². The molecule has 1 heterocycles. The molecule has 1 fully saturated rings. The molecule has 2 nitrogen and oxygen atoms in total. The van der Waals surface area contributed by atoms with E-state index >= 15 is 0 Å². The highest BCUT2D eigenvalue weighted by Crippen LogP contribution is 2.34. The predicted molar refractivity (Wildman–Crippen MR) is 91.6 cm³/mol. The van der Waals surface area contributed by atoms with Gasteiger partial charge in [0.05, 0.1) is 5.56 Å². The van der Waals surface area contributed by atoms with Gasteiger partial charge in [0.1, 0.15) is 0 Å². The highest BCUT2D eigenvalue weighted by molar-refractivity contribution is 9.10. The van der Waals surface area contributed by atoms with Crippen LogP contribution >= 0.6 is 15.9 Å². The van der Waals surface area contributed by atoms with Crippen molar-refractivity contribution in [3.63, 3.8) is 0 Å². The quantitative estimate of drug-likeness (QED) is 0.693. The molecule has 0 aliphatic carbocycles. The number of benzene rings is 1. The van der Waals surface area contributed by atoms with E-state index in [-0.39, 0.29) is 5.91 Å². The summed E-state index contributed by atoms with van der Waals surface area (Å²) in [5, 5.41) is 0. The van der Waals surface area contributed by atoms with Gasteiger partial charge < -0.3 is 4.90 Å². The number of likely N-dealkylation sites (tertiary alicyclic amines) is 1. The van der Waals surface area contributed by atoms with Gasteiger partial charge in [0.2, 0.25) is 0 Å². The zero-order valence-corrected chi connectivity index (χ0v) is 15.2. The lowest BCUT2D eigenvalue weighted by Crippen LogP contribution is -2.32. The van der Waals surface area contributed by atoms with Crippen molar-refractivity contribution >= 4 is 21.8 Å². The van der Waals surface area contributed by atoms with E-state index in [2.05, 4.69) is 36.7 Å². The third-order valence-electron chi connectivity index (χ3n) is 4.59. The Balaban J connectivity index is 2.12. The van der Waals surface area contributed by atoms with E-state index in [0.717, 1.165) is 41.5 Å². The molecule has 0 aromatic heterocycles.